The molecule has 6 aromatic rings. The first-order chi connectivity index (χ1) is 16.7. The fourth-order valence-electron chi connectivity index (χ4n) is 5.03. The number of benzene rings is 4. The van der Waals surface area contributed by atoms with Gasteiger partial charge in [0.2, 0.25) is 0 Å². The van der Waals surface area contributed by atoms with E-state index in [4.69, 9.17) is 0 Å². The molecule has 2 aromatic heterocycles. The third-order valence-corrected chi connectivity index (χ3v) is 6.66. The number of fused-ring (bicyclic) bond motifs is 2. The van der Waals surface area contributed by atoms with Gasteiger partial charge in [-0.05, 0) is 69.8 Å². The molecule has 6 rings (SSSR count). The maximum Gasteiger partial charge on any atom is 0.0347 e. The van der Waals surface area contributed by atoms with Crippen molar-refractivity contribution in [3.63, 3.8) is 0 Å². The van der Waals surface area contributed by atoms with Crippen molar-refractivity contribution in [1.29, 1.82) is 0 Å². The molecule has 162 valence electrons. The zero-order valence-electron chi connectivity index (χ0n) is 19.3. The van der Waals surface area contributed by atoms with Gasteiger partial charge in [-0.15, -0.1) is 0 Å². The van der Waals surface area contributed by atoms with Crippen molar-refractivity contribution in [3.8, 4) is 33.4 Å². The Labute approximate surface area is 199 Å². The third kappa shape index (κ3) is 3.45. The van der Waals surface area contributed by atoms with Crippen molar-refractivity contribution < 1.29 is 0 Å². The minimum atomic E-state index is 1.06. The SMILES string of the molecule is Cc1cccc2cccc(-c3cncc(-c4cncc(-c5cccc6cccc(C)c56)c4)c3)c12. The third-order valence-electron chi connectivity index (χ3n) is 6.66. The smallest absolute Gasteiger partial charge is 0.0347 e. The van der Waals surface area contributed by atoms with Gasteiger partial charge in [-0.2, -0.15) is 0 Å². The Kier molecular flexibility index (Phi) is 4.92. The summed E-state index contributed by atoms with van der Waals surface area (Å²) in [5.74, 6) is 0. The Morgan fingerprint density at radius 3 is 1.26 bits per heavy atom. The van der Waals surface area contributed by atoms with Gasteiger partial charge in [-0.25, -0.2) is 0 Å². The summed E-state index contributed by atoms with van der Waals surface area (Å²) in [5, 5.41) is 5.06. The number of aryl methyl sites for hydroxylation is 2. The Morgan fingerprint density at radius 1 is 0.441 bits per heavy atom. The fraction of sp³-hybridized carbons (Fsp3) is 0.0625. The molecule has 0 bridgehead atoms. The second-order valence-electron chi connectivity index (χ2n) is 8.88. The van der Waals surface area contributed by atoms with Gasteiger partial charge in [0.25, 0.3) is 0 Å². The van der Waals surface area contributed by atoms with E-state index in [2.05, 4.69) is 109 Å². The monoisotopic (exact) mass is 436 g/mol. The van der Waals surface area contributed by atoms with Crippen molar-refractivity contribution in [2.24, 2.45) is 0 Å². The van der Waals surface area contributed by atoms with Gasteiger partial charge >= 0.3 is 0 Å². The molecule has 0 aliphatic heterocycles. The number of pyridine rings is 2. The van der Waals surface area contributed by atoms with Gasteiger partial charge in [-0.3, -0.25) is 9.97 Å². The number of hydrogen-bond acceptors (Lipinski definition) is 2. The fourth-order valence-corrected chi connectivity index (χ4v) is 5.03. The average molecular weight is 437 g/mol. The van der Waals surface area contributed by atoms with Crippen LogP contribution in [0.5, 0.6) is 0 Å². The minimum absolute atomic E-state index is 1.06. The molecular weight excluding hydrogens is 412 g/mol. The average Bonchev–Trinajstić information content (AvgIpc) is 2.89. The Balaban J connectivity index is 1.48. The molecule has 34 heavy (non-hydrogen) atoms. The standard InChI is InChI=1S/C32H24N2/c1-21-7-3-9-23-11-5-13-29(31(21)23)27-15-25(17-33-19-27)26-16-28(20-34-18-26)30-14-6-12-24-10-4-8-22(2)32(24)30/h3-20H,1-2H3. The predicted octanol–water partition coefficient (Wildman–Crippen LogP) is 8.40. The van der Waals surface area contributed by atoms with Crippen molar-refractivity contribution in [2.45, 2.75) is 13.8 Å². The van der Waals surface area contributed by atoms with Gasteiger partial charge in [0.1, 0.15) is 0 Å². The molecule has 0 fully saturated rings. The number of nitrogens with zero attached hydrogens (tertiary/aromatic N) is 2. The Hall–Kier alpha value is -4.30. The summed E-state index contributed by atoms with van der Waals surface area (Å²) in [4.78, 5) is 9.23. The van der Waals surface area contributed by atoms with Crippen LogP contribution in [0.15, 0.2) is 110 Å². The van der Waals surface area contributed by atoms with Crippen LogP contribution in [0, 0.1) is 13.8 Å². The summed E-state index contributed by atoms with van der Waals surface area (Å²) in [5.41, 5.74) is 9.32. The number of aromatic nitrogens is 2. The zero-order chi connectivity index (χ0) is 23.1. The van der Waals surface area contributed by atoms with E-state index >= 15 is 0 Å². The second-order valence-corrected chi connectivity index (χ2v) is 8.88. The molecule has 0 amide bonds. The number of hydrogen-bond donors (Lipinski definition) is 0. The quantitative estimate of drug-likeness (QED) is 0.278. The molecule has 2 nitrogen and oxygen atoms in total. The van der Waals surface area contributed by atoms with Gasteiger partial charge in [0, 0.05) is 47.0 Å². The highest BCUT2D eigenvalue weighted by molar-refractivity contribution is 6.00. The minimum Gasteiger partial charge on any atom is -0.263 e. The highest BCUT2D eigenvalue weighted by Crippen LogP contribution is 2.35. The summed E-state index contributed by atoms with van der Waals surface area (Å²) in [7, 11) is 0. The maximum absolute atomic E-state index is 4.61. The summed E-state index contributed by atoms with van der Waals surface area (Å²) < 4.78 is 0. The van der Waals surface area contributed by atoms with Crippen LogP contribution in [0.25, 0.3) is 54.9 Å². The van der Waals surface area contributed by atoms with Gasteiger partial charge in [0.15, 0.2) is 0 Å². The molecule has 0 N–H and O–H groups in total. The molecule has 0 aliphatic carbocycles. The normalized spacial score (nSPS) is 11.2. The first-order valence-electron chi connectivity index (χ1n) is 11.6. The van der Waals surface area contributed by atoms with Crippen LogP contribution in [0.3, 0.4) is 0 Å². The van der Waals surface area contributed by atoms with Crippen molar-refractivity contribution >= 4 is 21.5 Å². The second kappa shape index (κ2) is 8.24. The number of rotatable bonds is 3. The lowest BCUT2D eigenvalue weighted by atomic mass is 9.93. The largest absolute Gasteiger partial charge is 0.263 e. The molecular formula is C32H24N2. The van der Waals surface area contributed by atoms with Crippen molar-refractivity contribution in [1.82, 2.24) is 9.97 Å². The van der Waals surface area contributed by atoms with E-state index < -0.39 is 0 Å². The molecule has 0 radical (unpaired) electrons. The highest BCUT2D eigenvalue weighted by atomic mass is 14.6. The zero-order valence-corrected chi connectivity index (χ0v) is 19.3. The summed E-state index contributed by atoms with van der Waals surface area (Å²) in [6, 6.07) is 30.3. The van der Waals surface area contributed by atoms with E-state index in [-0.39, 0.29) is 0 Å². The van der Waals surface area contributed by atoms with Gasteiger partial charge in [0.05, 0.1) is 0 Å². The lowest BCUT2D eigenvalue weighted by Gasteiger charge is -2.12. The topological polar surface area (TPSA) is 25.8 Å². The molecule has 0 saturated heterocycles. The molecule has 0 atom stereocenters. The summed E-state index contributed by atoms with van der Waals surface area (Å²) >= 11 is 0. The molecule has 0 saturated carbocycles. The van der Waals surface area contributed by atoms with E-state index in [0.717, 1.165) is 22.3 Å². The molecule has 0 unspecified atom stereocenters. The Morgan fingerprint density at radius 2 is 0.824 bits per heavy atom. The molecule has 0 spiro atoms. The van der Waals surface area contributed by atoms with Gasteiger partial charge in [-0.1, -0.05) is 72.8 Å². The molecule has 0 aliphatic rings. The van der Waals surface area contributed by atoms with Crippen LogP contribution in [0.4, 0.5) is 0 Å². The summed E-state index contributed by atoms with van der Waals surface area (Å²) in [6.07, 6.45) is 7.76. The molecule has 2 heterocycles. The molecule has 2 heteroatoms. The highest BCUT2D eigenvalue weighted by Gasteiger charge is 2.11. The van der Waals surface area contributed by atoms with Crippen molar-refractivity contribution in [2.75, 3.05) is 0 Å². The van der Waals surface area contributed by atoms with E-state index in [9.17, 15) is 0 Å². The van der Waals surface area contributed by atoms with Crippen molar-refractivity contribution in [3.05, 3.63) is 121 Å². The van der Waals surface area contributed by atoms with Crippen LogP contribution < -0.4 is 0 Å². The van der Waals surface area contributed by atoms with Crippen LogP contribution in [-0.4, -0.2) is 9.97 Å². The van der Waals surface area contributed by atoms with E-state index in [1.165, 1.54) is 43.8 Å². The lowest BCUT2D eigenvalue weighted by Crippen LogP contribution is -1.90. The first kappa shape index (κ1) is 20.3. The van der Waals surface area contributed by atoms with E-state index in [1.807, 2.05) is 24.8 Å². The summed E-state index contributed by atoms with van der Waals surface area (Å²) in [6.45, 7) is 4.34. The van der Waals surface area contributed by atoms with Gasteiger partial charge < -0.3 is 0 Å². The Bertz CT molecular complexity index is 1540. The van der Waals surface area contributed by atoms with Crippen LogP contribution in [0.2, 0.25) is 0 Å². The molecule has 4 aromatic carbocycles. The van der Waals surface area contributed by atoms with Crippen LogP contribution in [-0.2, 0) is 0 Å². The van der Waals surface area contributed by atoms with Crippen LogP contribution >= 0.6 is 0 Å². The van der Waals surface area contributed by atoms with E-state index in [0.29, 0.717) is 0 Å². The lowest BCUT2D eigenvalue weighted by molar-refractivity contribution is 1.30. The van der Waals surface area contributed by atoms with E-state index in [1.54, 1.807) is 0 Å². The predicted molar refractivity (Wildman–Crippen MR) is 143 cm³/mol. The van der Waals surface area contributed by atoms with Crippen LogP contribution in [0.1, 0.15) is 11.1 Å². The maximum atomic E-state index is 4.61. The first-order valence-corrected chi connectivity index (χ1v) is 11.6.